The summed E-state index contributed by atoms with van der Waals surface area (Å²) in [6.45, 7) is 3.75. The smallest absolute Gasteiger partial charge is 0.173 e. The van der Waals surface area contributed by atoms with Crippen LogP contribution < -0.4 is 10.5 Å². The largest absolute Gasteiger partial charge is 0.489 e. The highest BCUT2D eigenvalue weighted by Gasteiger charge is 2.07. The van der Waals surface area contributed by atoms with Gasteiger partial charge < -0.3 is 20.4 Å². The molecule has 6 heteroatoms. The van der Waals surface area contributed by atoms with Crippen molar-refractivity contribution < 1.29 is 14.7 Å². The standard InChI is InChI=1S/C12H19N3O3/c1-2-3-6-17-7-8-18-11-9-14-5-4-10(11)12(13)15-16/h4-5,9,16H,2-3,6-8H2,1H3,(H2,13,15). The molecule has 0 aliphatic rings. The number of nitrogens with two attached hydrogens (primary N) is 1. The summed E-state index contributed by atoms with van der Waals surface area (Å²) in [4.78, 5) is 3.93. The van der Waals surface area contributed by atoms with E-state index in [-0.39, 0.29) is 5.84 Å². The third-order valence-corrected chi connectivity index (χ3v) is 2.30. The first-order valence-electron chi connectivity index (χ1n) is 5.92. The molecule has 0 fully saturated rings. The molecule has 0 aliphatic carbocycles. The summed E-state index contributed by atoms with van der Waals surface area (Å²) in [6, 6.07) is 1.63. The number of ether oxygens (including phenoxy) is 2. The second-order valence-electron chi connectivity index (χ2n) is 3.67. The van der Waals surface area contributed by atoms with Crippen LogP contribution >= 0.6 is 0 Å². The van der Waals surface area contributed by atoms with Gasteiger partial charge in [0.1, 0.15) is 12.4 Å². The number of nitrogens with zero attached hydrogens (tertiary/aromatic N) is 2. The van der Waals surface area contributed by atoms with Gasteiger partial charge in [0, 0.05) is 12.8 Å². The molecule has 0 unspecified atom stereocenters. The summed E-state index contributed by atoms with van der Waals surface area (Å²) in [7, 11) is 0. The van der Waals surface area contributed by atoms with Crippen LogP contribution in [-0.2, 0) is 4.74 Å². The van der Waals surface area contributed by atoms with E-state index in [0.29, 0.717) is 24.5 Å². The first-order chi connectivity index (χ1) is 8.79. The lowest BCUT2D eigenvalue weighted by molar-refractivity contribution is 0.0978. The van der Waals surface area contributed by atoms with Crippen molar-refractivity contribution in [3.63, 3.8) is 0 Å². The van der Waals surface area contributed by atoms with Gasteiger partial charge in [-0.15, -0.1) is 0 Å². The number of rotatable bonds is 8. The molecular formula is C12H19N3O3. The highest BCUT2D eigenvalue weighted by molar-refractivity contribution is 5.99. The maximum absolute atomic E-state index is 8.64. The van der Waals surface area contributed by atoms with Crippen LogP contribution in [0.15, 0.2) is 23.6 Å². The van der Waals surface area contributed by atoms with E-state index in [1.54, 1.807) is 12.3 Å². The van der Waals surface area contributed by atoms with Crippen molar-refractivity contribution in [2.75, 3.05) is 19.8 Å². The highest BCUT2D eigenvalue weighted by atomic mass is 16.5. The number of hydrogen-bond donors (Lipinski definition) is 2. The number of unbranched alkanes of at least 4 members (excludes halogenated alkanes) is 1. The molecule has 0 bridgehead atoms. The van der Waals surface area contributed by atoms with Gasteiger partial charge in [-0.05, 0) is 12.5 Å². The number of amidine groups is 1. The summed E-state index contributed by atoms with van der Waals surface area (Å²) < 4.78 is 10.8. The quantitative estimate of drug-likeness (QED) is 0.240. The van der Waals surface area contributed by atoms with Gasteiger partial charge in [-0.25, -0.2) is 0 Å². The highest BCUT2D eigenvalue weighted by Crippen LogP contribution is 2.15. The zero-order valence-electron chi connectivity index (χ0n) is 10.5. The fourth-order valence-corrected chi connectivity index (χ4v) is 1.32. The molecule has 0 amide bonds. The molecule has 3 N–H and O–H groups in total. The maximum atomic E-state index is 8.64. The van der Waals surface area contributed by atoms with Gasteiger partial charge in [-0.2, -0.15) is 0 Å². The minimum absolute atomic E-state index is 0.000647. The van der Waals surface area contributed by atoms with Gasteiger partial charge >= 0.3 is 0 Å². The average molecular weight is 253 g/mol. The second-order valence-corrected chi connectivity index (χ2v) is 3.67. The predicted molar refractivity (Wildman–Crippen MR) is 68.0 cm³/mol. The summed E-state index contributed by atoms with van der Waals surface area (Å²) in [5, 5.41) is 11.6. The zero-order chi connectivity index (χ0) is 13.2. The van der Waals surface area contributed by atoms with Crippen LogP contribution in [0, 0.1) is 0 Å². The van der Waals surface area contributed by atoms with Gasteiger partial charge in [0.25, 0.3) is 0 Å². The van der Waals surface area contributed by atoms with Crippen molar-refractivity contribution in [3.05, 3.63) is 24.0 Å². The molecule has 1 rings (SSSR count). The van der Waals surface area contributed by atoms with Crippen molar-refractivity contribution >= 4 is 5.84 Å². The lowest BCUT2D eigenvalue weighted by atomic mass is 10.2. The molecule has 6 nitrogen and oxygen atoms in total. The Hall–Kier alpha value is -1.82. The van der Waals surface area contributed by atoms with Crippen molar-refractivity contribution in [2.24, 2.45) is 10.9 Å². The molecule has 1 heterocycles. The lowest BCUT2D eigenvalue weighted by Gasteiger charge is -2.10. The number of oxime groups is 1. The van der Waals surface area contributed by atoms with Crippen LogP contribution in [0.5, 0.6) is 5.75 Å². The molecule has 18 heavy (non-hydrogen) atoms. The fourth-order valence-electron chi connectivity index (χ4n) is 1.32. The van der Waals surface area contributed by atoms with E-state index >= 15 is 0 Å². The minimum Gasteiger partial charge on any atom is -0.489 e. The first-order valence-corrected chi connectivity index (χ1v) is 5.92. The summed E-state index contributed by atoms with van der Waals surface area (Å²) in [5.41, 5.74) is 6.04. The molecule has 0 aliphatic heterocycles. The maximum Gasteiger partial charge on any atom is 0.173 e. The molecule has 0 saturated carbocycles. The zero-order valence-corrected chi connectivity index (χ0v) is 10.5. The van der Waals surface area contributed by atoms with E-state index in [2.05, 4.69) is 17.1 Å². The molecule has 0 aromatic carbocycles. The number of pyridine rings is 1. The van der Waals surface area contributed by atoms with Crippen LogP contribution in [0.3, 0.4) is 0 Å². The average Bonchev–Trinajstić information content (AvgIpc) is 2.42. The fraction of sp³-hybridized carbons (Fsp3) is 0.500. The van der Waals surface area contributed by atoms with E-state index in [4.69, 9.17) is 20.4 Å². The molecule has 0 radical (unpaired) electrons. The predicted octanol–water partition coefficient (Wildman–Crippen LogP) is 1.37. The molecule has 0 saturated heterocycles. The van der Waals surface area contributed by atoms with E-state index in [1.807, 2.05) is 0 Å². The van der Waals surface area contributed by atoms with Crippen LogP contribution in [0.4, 0.5) is 0 Å². The van der Waals surface area contributed by atoms with Crippen molar-refractivity contribution in [2.45, 2.75) is 19.8 Å². The monoisotopic (exact) mass is 253 g/mol. The van der Waals surface area contributed by atoms with E-state index in [9.17, 15) is 0 Å². The Balaban J connectivity index is 2.42. The minimum atomic E-state index is -0.000647. The Morgan fingerprint density at radius 1 is 1.44 bits per heavy atom. The SMILES string of the molecule is CCCCOCCOc1cnccc1/C(N)=N/O. The van der Waals surface area contributed by atoms with Gasteiger partial charge in [-0.3, -0.25) is 4.98 Å². The van der Waals surface area contributed by atoms with Gasteiger partial charge in [0.2, 0.25) is 0 Å². The van der Waals surface area contributed by atoms with E-state index in [1.165, 1.54) is 6.20 Å². The van der Waals surface area contributed by atoms with Crippen LogP contribution in [0.2, 0.25) is 0 Å². The Morgan fingerprint density at radius 3 is 3.00 bits per heavy atom. The Kier molecular flexibility index (Phi) is 6.56. The van der Waals surface area contributed by atoms with Gasteiger partial charge in [-0.1, -0.05) is 18.5 Å². The third kappa shape index (κ3) is 4.58. The summed E-state index contributed by atoms with van der Waals surface area (Å²) in [5.74, 6) is 0.478. The van der Waals surface area contributed by atoms with Crippen molar-refractivity contribution in [3.8, 4) is 5.75 Å². The normalized spacial score (nSPS) is 11.5. The molecule has 100 valence electrons. The Labute approximate surface area is 106 Å². The van der Waals surface area contributed by atoms with E-state index in [0.717, 1.165) is 19.4 Å². The number of hydrogen-bond acceptors (Lipinski definition) is 5. The van der Waals surface area contributed by atoms with Crippen LogP contribution in [0.25, 0.3) is 0 Å². The first kappa shape index (κ1) is 14.2. The number of aromatic nitrogens is 1. The van der Waals surface area contributed by atoms with Crippen LogP contribution in [0.1, 0.15) is 25.3 Å². The Bertz CT molecular complexity index is 383. The molecular weight excluding hydrogens is 234 g/mol. The van der Waals surface area contributed by atoms with Crippen molar-refractivity contribution in [1.29, 1.82) is 0 Å². The molecule has 0 spiro atoms. The van der Waals surface area contributed by atoms with Crippen LogP contribution in [-0.4, -0.2) is 35.8 Å². The van der Waals surface area contributed by atoms with Gasteiger partial charge in [0.05, 0.1) is 18.4 Å². The van der Waals surface area contributed by atoms with Gasteiger partial charge in [0.15, 0.2) is 5.84 Å². The Morgan fingerprint density at radius 2 is 2.28 bits per heavy atom. The summed E-state index contributed by atoms with van der Waals surface area (Å²) >= 11 is 0. The molecule has 0 atom stereocenters. The van der Waals surface area contributed by atoms with Crippen molar-refractivity contribution in [1.82, 2.24) is 4.98 Å². The lowest BCUT2D eigenvalue weighted by Crippen LogP contribution is -2.16. The molecule has 1 aromatic heterocycles. The third-order valence-electron chi connectivity index (χ3n) is 2.30. The topological polar surface area (TPSA) is 90.0 Å². The van der Waals surface area contributed by atoms with E-state index < -0.39 is 0 Å². The summed E-state index contributed by atoms with van der Waals surface area (Å²) in [6.07, 6.45) is 5.23. The second kappa shape index (κ2) is 8.30. The molecule has 1 aromatic rings.